The van der Waals surface area contributed by atoms with Crippen LogP contribution >= 0.6 is 0 Å². The molecule has 1 aromatic carbocycles. The van der Waals surface area contributed by atoms with E-state index in [1.807, 2.05) is 0 Å². The predicted octanol–water partition coefficient (Wildman–Crippen LogP) is 1.79. The number of alkyl halides is 3. The van der Waals surface area contributed by atoms with E-state index in [1.54, 1.807) is 0 Å². The largest absolute Gasteiger partial charge is 0.416 e. The summed E-state index contributed by atoms with van der Waals surface area (Å²) in [4.78, 5) is 23.3. The molecule has 2 rings (SSSR count). The van der Waals surface area contributed by atoms with Crippen molar-refractivity contribution in [3.63, 3.8) is 0 Å². The van der Waals surface area contributed by atoms with Gasteiger partial charge in [0.15, 0.2) is 0 Å². The average molecular weight is 330 g/mol. The van der Waals surface area contributed by atoms with Crippen LogP contribution < -0.4 is 10.6 Å². The number of halogens is 3. The maximum atomic E-state index is 12.8. The van der Waals surface area contributed by atoms with Crippen LogP contribution in [-0.2, 0) is 20.5 Å². The summed E-state index contributed by atoms with van der Waals surface area (Å²) in [7, 11) is 1.39. The lowest BCUT2D eigenvalue weighted by Crippen LogP contribution is -2.44. The van der Waals surface area contributed by atoms with Gasteiger partial charge in [0.2, 0.25) is 11.8 Å². The molecule has 0 unspecified atom stereocenters. The van der Waals surface area contributed by atoms with Crippen molar-refractivity contribution < 1.29 is 27.5 Å². The summed E-state index contributed by atoms with van der Waals surface area (Å²) in [6.45, 7) is 0.0215. The highest BCUT2D eigenvalue weighted by Crippen LogP contribution is 2.30. The number of carbonyl (C=O) groups is 2. The van der Waals surface area contributed by atoms with Crippen molar-refractivity contribution >= 4 is 11.8 Å². The van der Waals surface area contributed by atoms with E-state index in [0.29, 0.717) is 12.0 Å². The van der Waals surface area contributed by atoms with Crippen LogP contribution in [0.3, 0.4) is 0 Å². The van der Waals surface area contributed by atoms with E-state index in [4.69, 9.17) is 4.74 Å². The quantitative estimate of drug-likeness (QED) is 0.865. The Morgan fingerprint density at radius 2 is 2.22 bits per heavy atom. The van der Waals surface area contributed by atoms with E-state index in [0.717, 1.165) is 12.1 Å². The minimum Gasteiger partial charge on any atom is -0.382 e. The van der Waals surface area contributed by atoms with Crippen LogP contribution in [0.5, 0.6) is 0 Å². The Hall–Kier alpha value is -2.09. The Bertz CT molecular complexity index is 590. The summed E-state index contributed by atoms with van der Waals surface area (Å²) < 4.78 is 43.4. The Labute approximate surface area is 131 Å². The van der Waals surface area contributed by atoms with Crippen LogP contribution in [0.1, 0.15) is 30.0 Å². The zero-order valence-corrected chi connectivity index (χ0v) is 12.4. The Morgan fingerprint density at radius 1 is 1.48 bits per heavy atom. The first-order valence-electron chi connectivity index (χ1n) is 7.07. The minimum atomic E-state index is -4.46. The summed E-state index contributed by atoms with van der Waals surface area (Å²) in [6.07, 6.45) is -3.83. The van der Waals surface area contributed by atoms with E-state index in [1.165, 1.54) is 19.2 Å². The molecule has 1 aromatic rings. The first-order chi connectivity index (χ1) is 10.8. The second kappa shape index (κ2) is 6.99. The SMILES string of the molecule is COC[C@@H](NC(=O)[C@H]1CCC(=O)N1)c1cccc(C(F)(F)F)c1. The fourth-order valence-electron chi connectivity index (χ4n) is 2.40. The molecule has 0 aromatic heterocycles. The van der Waals surface area contributed by atoms with Crippen molar-refractivity contribution in [2.24, 2.45) is 0 Å². The van der Waals surface area contributed by atoms with Crippen LogP contribution in [0, 0.1) is 0 Å². The molecule has 5 nitrogen and oxygen atoms in total. The normalized spacial score (nSPS) is 19.3. The number of ether oxygens (including phenoxy) is 1. The van der Waals surface area contributed by atoms with Crippen molar-refractivity contribution in [1.82, 2.24) is 10.6 Å². The van der Waals surface area contributed by atoms with Crippen molar-refractivity contribution in [2.75, 3.05) is 13.7 Å². The van der Waals surface area contributed by atoms with Gasteiger partial charge in [-0.15, -0.1) is 0 Å². The maximum absolute atomic E-state index is 12.8. The van der Waals surface area contributed by atoms with Crippen molar-refractivity contribution in [1.29, 1.82) is 0 Å². The number of hydrogen-bond acceptors (Lipinski definition) is 3. The molecular formula is C15H17F3N2O3. The Kier molecular flexibility index (Phi) is 5.25. The summed E-state index contributed by atoms with van der Waals surface area (Å²) in [6, 6.07) is 3.33. The minimum absolute atomic E-state index is 0.0215. The van der Waals surface area contributed by atoms with E-state index in [2.05, 4.69) is 10.6 Å². The number of benzene rings is 1. The monoisotopic (exact) mass is 330 g/mol. The number of rotatable bonds is 5. The molecule has 8 heteroatoms. The van der Waals surface area contributed by atoms with Crippen LogP contribution in [0.25, 0.3) is 0 Å². The number of hydrogen-bond donors (Lipinski definition) is 2. The van der Waals surface area contributed by atoms with Gasteiger partial charge in [-0.1, -0.05) is 12.1 Å². The highest BCUT2D eigenvalue weighted by atomic mass is 19.4. The fourth-order valence-corrected chi connectivity index (χ4v) is 2.40. The lowest BCUT2D eigenvalue weighted by molar-refractivity contribution is -0.137. The molecule has 126 valence electrons. The van der Waals surface area contributed by atoms with Gasteiger partial charge in [-0.05, 0) is 24.1 Å². The summed E-state index contributed by atoms with van der Waals surface area (Å²) in [5.41, 5.74) is -0.501. The number of nitrogens with one attached hydrogen (secondary N) is 2. The first kappa shape index (κ1) is 17.3. The molecule has 1 fully saturated rings. The Balaban J connectivity index is 2.15. The summed E-state index contributed by atoms with van der Waals surface area (Å²) in [5, 5.41) is 5.15. The molecule has 1 aliphatic heterocycles. The maximum Gasteiger partial charge on any atom is 0.416 e. The highest BCUT2D eigenvalue weighted by molar-refractivity contribution is 5.90. The molecular weight excluding hydrogens is 313 g/mol. The predicted molar refractivity (Wildman–Crippen MR) is 75.4 cm³/mol. The van der Waals surface area contributed by atoms with Crippen LogP contribution in [0.15, 0.2) is 24.3 Å². The van der Waals surface area contributed by atoms with Gasteiger partial charge in [-0.2, -0.15) is 13.2 Å². The molecule has 0 aliphatic carbocycles. The average Bonchev–Trinajstić information content (AvgIpc) is 2.93. The van der Waals surface area contributed by atoms with Crippen molar-refractivity contribution in [2.45, 2.75) is 31.1 Å². The topological polar surface area (TPSA) is 67.4 Å². The third kappa shape index (κ3) is 4.44. The van der Waals surface area contributed by atoms with Crippen LogP contribution in [-0.4, -0.2) is 31.6 Å². The lowest BCUT2D eigenvalue weighted by Gasteiger charge is -2.21. The van der Waals surface area contributed by atoms with E-state index >= 15 is 0 Å². The third-order valence-corrected chi connectivity index (χ3v) is 3.58. The van der Waals surface area contributed by atoms with Crippen molar-refractivity contribution in [3.05, 3.63) is 35.4 Å². The first-order valence-corrected chi connectivity index (χ1v) is 7.07. The van der Waals surface area contributed by atoms with E-state index in [9.17, 15) is 22.8 Å². The van der Waals surface area contributed by atoms with Gasteiger partial charge in [0.25, 0.3) is 0 Å². The molecule has 0 radical (unpaired) electrons. The van der Waals surface area contributed by atoms with Gasteiger partial charge in [-0.25, -0.2) is 0 Å². The molecule has 1 saturated heterocycles. The molecule has 2 N–H and O–H groups in total. The number of methoxy groups -OCH3 is 1. The van der Waals surface area contributed by atoms with Gasteiger partial charge >= 0.3 is 6.18 Å². The molecule has 0 saturated carbocycles. The molecule has 0 spiro atoms. The lowest BCUT2D eigenvalue weighted by atomic mass is 10.0. The Morgan fingerprint density at radius 3 is 2.78 bits per heavy atom. The van der Waals surface area contributed by atoms with Crippen LogP contribution in [0.2, 0.25) is 0 Å². The van der Waals surface area contributed by atoms with E-state index < -0.39 is 29.7 Å². The second-order valence-corrected chi connectivity index (χ2v) is 5.30. The summed E-state index contributed by atoms with van der Waals surface area (Å²) in [5.74, 6) is -0.650. The zero-order valence-electron chi connectivity index (χ0n) is 12.4. The molecule has 1 heterocycles. The van der Waals surface area contributed by atoms with E-state index in [-0.39, 0.29) is 18.9 Å². The molecule has 0 bridgehead atoms. The molecule has 23 heavy (non-hydrogen) atoms. The van der Waals surface area contributed by atoms with Crippen LogP contribution in [0.4, 0.5) is 13.2 Å². The third-order valence-electron chi connectivity index (χ3n) is 3.58. The van der Waals surface area contributed by atoms with Gasteiger partial charge < -0.3 is 15.4 Å². The second-order valence-electron chi connectivity index (χ2n) is 5.30. The van der Waals surface area contributed by atoms with Gasteiger partial charge in [0.1, 0.15) is 6.04 Å². The smallest absolute Gasteiger partial charge is 0.382 e. The van der Waals surface area contributed by atoms with Crippen molar-refractivity contribution in [3.8, 4) is 0 Å². The highest BCUT2D eigenvalue weighted by Gasteiger charge is 2.32. The summed E-state index contributed by atoms with van der Waals surface area (Å²) >= 11 is 0. The fraction of sp³-hybridized carbons (Fsp3) is 0.467. The number of carbonyl (C=O) groups excluding carboxylic acids is 2. The molecule has 1 aliphatic rings. The zero-order chi connectivity index (χ0) is 17.0. The molecule has 2 amide bonds. The van der Waals surface area contributed by atoms with Gasteiger partial charge in [0.05, 0.1) is 18.2 Å². The van der Waals surface area contributed by atoms with Gasteiger partial charge in [0, 0.05) is 13.5 Å². The standard InChI is InChI=1S/C15H17F3N2O3/c1-23-8-12(20-14(22)11-5-6-13(21)19-11)9-3-2-4-10(7-9)15(16,17)18/h2-4,7,11-12H,5-6,8H2,1H3,(H,19,21)(H,20,22)/t11-,12-/m1/s1. The van der Waals surface area contributed by atoms with Gasteiger partial charge in [-0.3, -0.25) is 9.59 Å². The molecule has 2 atom stereocenters. The number of amides is 2.